The molecule has 1 aromatic carbocycles. The third-order valence-corrected chi connectivity index (χ3v) is 6.69. The molecule has 0 saturated carbocycles. The molecular weight excluding hydrogens is 440 g/mol. The van der Waals surface area contributed by atoms with Crippen molar-refractivity contribution in [2.24, 2.45) is 5.41 Å². The van der Waals surface area contributed by atoms with Gasteiger partial charge in [-0.2, -0.15) is 0 Å². The number of carbonyl (C=O) groups is 2. The van der Waals surface area contributed by atoms with Crippen molar-refractivity contribution in [2.75, 3.05) is 13.7 Å². The fraction of sp³-hybridized carbons (Fsp3) is 0.533. The van der Waals surface area contributed by atoms with E-state index in [1.165, 1.54) is 0 Å². The Morgan fingerprint density at radius 1 is 1.06 bits per heavy atom. The van der Waals surface area contributed by atoms with E-state index in [0.29, 0.717) is 17.7 Å². The number of hydrogen-bond acceptors (Lipinski definition) is 5. The number of ether oxygens (including phenoxy) is 3. The van der Waals surface area contributed by atoms with Crippen LogP contribution in [-0.2, 0) is 14.3 Å². The number of rotatable bonds is 8. The zero-order chi connectivity index (χ0) is 26.7. The Morgan fingerprint density at radius 2 is 1.63 bits per heavy atom. The minimum atomic E-state index is -0.599. The Labute approximate surface area is 211 Å². The number of methoxy groups -OCH3 is 1. The molecule has 0 radical (unpaired) electrons. The number of allylic oxidation sites excluding steroid dienone is 1. The first-order valence-corrected chi connectivity index (χ1v) is 12.3. The van der Waals surface area contributed by atoms with Crippen LogP contribution in [0, 0.1) is 19.3 Å². The number of esters is 1. The van der Waals surface area contributed by atoms with Crippen LogP contribution in [0.15, 0.2) is 46.6 Å². The van der Waals surface area contributed by atoms with Gasteiger partial charge < -0.3 is 14.2 Å². The first-order chi connectivity index (χ1) is 16.2. The predicted octanol–water partition coefficient (Wildman–Crippen LogP) is 6.86. The van der Waals surface area contributed by atoms with E-state index in [4.69, 9.17) is 14.2 Å². The Bertz CT molecular complexity index is 1060. The molecule has 1 aromatic rings. The standard InChI is InChI=1S/C30H42O5/c1-12-15-34-26-18(2)16-23(17-19(26)3)24(31)13-14-30(10)22(6)20(4)25(21(5)27(30)33-11)28(32)35-29(7,8)9/h13-14,16-17,27H,12,15H2,1-11H3. The predicted molar refractivity (Wildman–Crippen MR) is 141 cm³/mol. The number of aryl methyl sites for hydroxylation is 2. The van der Waals surface area contributed by atoms with Gasteiger partial charge in [-0.25, -0.2) is 4.79 Å². The molecular formula is C30H42O5. The highest BCUT2D eigenvalue weighted by molar-refractivity contribution is 6.05. The second kappa shape index (κ2) is 10.9. The van der Waals surface area contributed by atoms with Gasteiger partial charge in [0.05, 0.1) is 18.3 Å². The van der Waals surface area contributed by atoms with E-state index < -0.39 is 17.1 Å². The summed E-state index contributed by atoms with van der Waals surface area (Å²) >= 11 is 0. The maximum absolute atomic E-state index is 13.2. The normalized spacial score (nSPS) is 21.1. The van der Waals surface area contributed by atoms with Crippen molar-refractivity contribution in [3.8, 4) is 5.75 Å². The molecule has 5 heteroatoms. The second-order valence-corrected chi connectivity index (χ2v) is 10.7. The molecule has 192 valence electrons. The van der Waals surface area contributed by atoms with Gasteiger partial charge in [0, 0.05) is 18.1 Å². The monoisotopic (exact) mass is 482 g/mol. The quantitative estimate of drug-likeness (QED) is 0.230. The number of benzene rings is 1. The van der Waals surface area contributed by atoms with Crippen LogP contribution in [0.25, 0.3) is 0 Å². The first kappa shape index (κ1) is 28.6. The summed E-state index contributed by atoms with van der Waals surface area (Å²) in [5, 5.41) is 0. The Balaban J connectivity index is 2.43. The summed E-state index contributed by atoms with van der Waals surface area (Å²) in [5.41, 5.74) is 4.49. The topological polar surface area (TPSA) is 61.8 Å². The summed E-state index contributed by atoms with van der Waals surface area (Å²) < 4.78 is 17.4. The number of ketones is 1. The molecule has 0 saturated heterocycles. The van der Waals surface area contributed by atoms with Gasteiger partial charge in [-0.1, -0.05) is 18.6 Å². The van der Waals surface area contributed by atoms with Gasteiger partial charge in [0.15, 0.2) is 5.78 Å². The van der Waals surface area contributed by atoms with Crippen molar-refractivity contribution in [1.82, 2.24) is 0 Å². The van der Waals surface area contributed by atoms with E-state index in [1.807, 2.05) is 80.5 Å². The largest absolute Gasteiger partial charge is 0.493 e. The smallest absolute Gasteiger partial charge is 0.338 e. The van der Waals surface area contributed by atoms with Gasteiger partial charge in [0.1, 0.15) is 11.4 Å². The molecule has 0 aromatic heterocycles. The highest BCUT2D eigenvalue weighted by Gasteiger charge is 2.43. The minimum absolute atomic E-state index is 0.0839. The van der Waals surface area contributed by atoms with Crippen molar-refractivity contribution in [3.63, 3.8) is 0 Å². The van der Waals surface area contributed by atoms with Crippen LogP contribution in [-0.4, -0.2) is 37.2 Å². The summed E-state index contributed by atoms with van der Waals surface area (Å²) in [4.78, 5) is 26.2. The zero-order valence-electron chi connectivity index (χ0n) is 23.3. The molecule has 35 heavy (non-hydrogen) atoms. The average molecular weight is 483 g/mol. The summed E-state index contributed by atoms with van der Waals surface area (Å²) in [6, 6.07) is 3.75. The molecule has 0 spiro atoms. The SMILES string of the molecule is CCCOc1c(C)cc(C(=O)C=CC2(C)C(C)=C(C)C(C(=O)OC(C)(C)C)=C(C)C2OC)cc1C. The molecule has 0 amide bonds. The fourth-order valence-corrected chi connectivity index (χ4v) is 4.81. The highest BCUT2D eigenvalue weighted by atomic mass is 16.6. The lowest BCUT2D eigenvalue weighted by molar-refractivity contribution is -0.149. The molecule has 2 unspecified atom stereocenters. The van der Waals surface area contributed by atoms with E-state index in [2.05, 4.69) is 6.92 Å². The van der Waals surface area contributed by atoms with Crippen LogP contribution in [0.4, 0.5) is 0 Å². The molecule has 2 atom stereocenters. The lowest BCUT2D eigenvalue weighted by atomic mass is 9.67. The molecule has 0 aliphatic heterocycles. The van der Waals surface area contributed by atoms with Crippen LogP contribution < -0.4 is 4.74 Å². The Kier molecular flexibility index (Phi) is 8.94. The molecule has 0 heterocycles. The lowest BCUT2D eigenvalue weighted by Gasteiger charge is -2.42. The maximum atomic E-state index is 13.2. The van der Waals surface area contributed by atoms with Crippen LogP contribution in [0.5, 0.6) is 5.75 Å². The molecule has 0 N–H and O–H groups in total. The summed E-state index contributed by atoms with van der Waals surface area (Å²) in [6.07, 6.45) is 4.04. The maximum Gasteiger partial charge on any atom is 0.338 e. The molecule has 5 nitrogen and oxygen atoms in total. The van der Waals surface area contributed by atoms with Crippen molar-refractivity contribution >= 4 is 11.8 Å². The molecule has 2 rings (SSSR count). The van der Waals surface area contributed by atoms with Crippen molar-refractivity contribution in [3.05, 3.63) is 63.3 Å². The van der Waals surface area contributed by atoms with Crippen LogP contribution >= 0.6 is 0 Å². The molecule has 1 aliphatic carbocycles. The van der Waals surface area contributed by atoms with Crippen molar-refractivity contribution in [1.29, 1.82) is 0 Å². The van der Waals surface area contributed by atoms with Crippen molar-refractivity contribution < 1.29 is 23.8 Å². The number of hydrogen-bond donors (Lipinski definition) is 0. The average Bonchev–Trinajstić information content (AvgIpc) is 2.74. The van der Waals surface area contributed by atoms with Gasteiger partial charge in [-0.15, -0.1) is 0 Å². The first-order valence-electron chi connectivity index (χ1n) is 12.3. The summed E-state index contributed by atoms with van der Waals surface area (Å²) in [7, 11) is 1.63. The van der Waals surface area contributed by atoms with Gasteiger partial charge in [-0.3, -0.25) is 4.79 Å². The van der Waals surface area contributed by atoms with Gasteiger partial charge in [0.25, 0.3) is 0 Å². The van der Waals surface area contributed by atoms with E-state index >= 15 is 0 Å². The lowest BCUT2D eigenvalue weighted by Crippen LogP contribution is -2.40. The zero-order valence-corrected chi connectivity index (χ0v) is 23.3. The summed E-state index contributed by atoms with van der Waals surface area (Å²) in [5.74, 6) is 0.405. The van der Waals surface area contributed by atoms with E-state index in [1.54, 1.807) is 13.2 Å². The summed E-state index contributed by atoms with van der Waals surface area (Å²) in [6.45, 7) is 20.1. The third-order valence-electron chi connectivity index (χ3n) is 6.69. The molecule has 0 bridgehead atoms. The van der Waals surface area contributed by atoms with Gasteiger partial charge in [-0.05, 0) is 109 Å². The Morgan fingerprint density at radius 3 is 2.11 bits per heavy atom. The van der Waals surface area contributed by atoms with Crippen molar-refractivity contribution in [2.45, 2.75) is 87.4 Å². The third kappa shape index (κ3) is 6.13. The number of carbonyl (C=O) groups excluding carboxylic acids is 2. The van der Waals surface area contributed by atoms with E-state index in [-0.39, 0.29) is 11.8 Å². The second-order valence-electron chi connectivity index (χ2n) is 10.7. The van der Waals surface area contributed by atoms with E-state index in [0.717, 1.165) is 40.0 Å². The van der Waals surface area contributed by atoms with E-state index in [9.17, 15) is 9.59 Å². The van der Waals surface area contributed by atoms with Crippen LogP contribution in [0.1, 0.15) is 83.3 Å². The molecule has 0 fully saturated rings. The fourth-order valence-electron chi connectivity index (χ4n) is 4.81. The van der Waals surface area contributed by atoms with Crippen LogP contribution in [0.2, 0.25) is 0 Å². The molecule has 1 aliphatic rings. The highest BCUT2D eigenvalue weighted by Crippen LogP contribution is 2.46. The minimum Gasteiger partial charge on any atom is -0.493 e. The van der Waals surface area contributed by atoms with Crippen LogP contribution in [0.3, 0.4) is 0 Å². The van der Waals surface area contributed by atoms with Gasteiger partial charge >= 0.3 is 5.97 Å². The Hall–Kier alpha value is -2.66. The van der Waals surface area contributed by atoms with Gasteiger partial charge in [0.2, 0.25) is 0 Å².